The number of aliphatic hydroxyl groups excluding tert-OH is 3. The molecule has 5 rings (SSSR count). The lowest BCUT2D eigenvalue weighted by atomic mass is 9.92. The van der Waals surface area contributed by atoms with Crippen LogP contribution >= 0.6 is 0 Å². The summed E-state index contributed by atoms with van der Waals surface area (Å²) in [5, 5.41) is 30.4. The highest BCUT2D eigenvalue weighted by molar-refractivity contribution is 4.83. The number of rotatable bonds is 37. The first-order valence-corrected chi connectivity index (χ1v) is 18.2. The van der Waals surface area contributed by atoms with Crippen LogP contribution in [0.4, 0.5) is 0 Å². The molecule has 3 N–H and O–H groups in total. The van der Waals surface area contributed by atoms with Gasteiger partial charge in [0.2, 0.25) is 0 Å². The molecule has 0 amide bonds. The summed E-state index contributed by atoms with van der Waals surface area (Å²) in [6.07, 6.45) is -0.795. The molecule has 17 heteroatoms. The quantitative estimate of drug-likeness (QED) is 0.0475. The highest BCUT2D eigenvalue weighted by Crippen LogP contribution is 2.25. The second-order valence-corrected chi connectivity index (χ2v) is 14.4. The monoisotopic (exact) mass is 740 g/mol. The molecule has 0 aliphatic carbocycles. The molecule has 5 fully saturated rings. The van der Waals surface area contributed by atoms with Crippen LogP contribution in [-0.4, -0.2) is 217 Å². The Kier molecular flexibility index (Phi) is 18.4. The second kappa shape index (κ2) is 22.6. The van der Waals surface area contributed by atoms with E-state index in [9.17, 15) is 10.2 Å². The maximum Gasteiger partial charge on any atom is 0.104 e. The molecule has 5 aliphatic rings. The van der Waals surface area contributed by atoms with Gasteiger partial charge < -0.3 is 81.6 Å². The van der Waals surface area contributed by atoms with E-state index in [1.807, 2.05) is 0 Å². The molecule has 0 aromatic heterocycles. The first-order valence-electron chi connectivity index (χ1n) is 18.2. The smallest absolute Gasteiger partial charge is 0.104 e. The molecule has 298 valence electrons. The molecule has 7 unspecified atom stereocenters. The van der Waals surface area contributed by atoms with Crippen LogP contribution in [0.15, 0.2) is 0 Å². The third-order valence-corrected chi connectivity index (χ3v) is 8.48. The summed E-state index contributed by atoms with van der Waals surface area (Å²) in [5.41, 5.74) is -1.26. The van der Waals surface area contributed by atoms with E-state index in [1.165, 1.54) is 0 Å². The lowest BCUT2D eigenvalue weighted by Gasteiger charge is -2.33. The minimum Gasteiger partial charge on any atom is -0.396 e. The van der Waals surface area contributed by atoms with Crippen molar-refractivity contribution in [2.75, 3.05) is 159 Å². The average molecular weight is 741 g/mol. The summed E-state index contributed by atoms with van der Waals surface area (Å²) in [6.45, 7) is 8.48. The van der Waals surface area contributed by atoms with Crippen LogP contribution in [0, 0.1) is 10.8 Å². The summed E-state index contributed by atoms with van der Waals surface area (Å²) < 4.78 is 79.5. The molecule has 5 saturated heterocycles. The van der Waals surface area contributed by atoms with E-state index in [2.05, 4.69) is 0 Å². The zero-order chi connectivity index (χ0) is 35.6. The summed E-state index contributed by atoms with van der Waals surface area (Å²) in [4.78, 5) is 0. The summed E-state index contributed by atoms with van der Waals surface area (Å²) in [7, 11) is 0. The van der Waals surface area contributed by atoms with Gasteiger partial charge in [-0.15, -0.1) is 0 Å². The van der Waals surface area contributed by atoms with Crippen molar-refractivity contribution < 1.29 is 81.6 Å². The van der Waals surface area contributed by atoms with Crippen LogP contribution in [0.5, 0.6) is 0 Å². The second-order valence-electron chi connectivity index (χ2n) is 14.4. The van der Waals surface area contributed by atoms with Gasteiger partial charge in [-0.1, -0.05) is 0 Å². The lowest BCUT2D eigenvalue weighted by molar-refractivity contribution is -0.127. The van der Waals surface area contributed by atoms with Crippen LogP contribution in [0.3, 0.4) is 0 Å². The molecule has 0 aromatic carbocycles. The van der Waals surface area contributed by atoms with Crippen molar-refractivity contribution in [3.63, 3.8) is 0 Å². The van der Waals surface area contributed by atoms with E-state index in [1.54, 1.807) is 0 Å². The minimum absolute atomic E-state index is 0.00529. The Hall–Kier alpha value is -0.680. The van der Waals surface area contributed by atoms with Gasteiger partial charge >= 0.3 is 0 Å². The Morgan fingerprint density at radius 2 is 0.706 bits per heavy atom. The molecule has 0 bridgehead atoms. The normalized spacial score (nSPS) is 28.2. The van der Waals surface area contributed by atoms with Crippen molar-refractivity contribution >= 4 is 0 Å². The number of hydrogen-bond donors (Lipinski definition) is 3. The van der Waals surface area contributed by atoms with Gasteiger partial charge in [0.25, 0.3) is 0 Å². The topological polar surface area (TPSA) is 206 Å². The molecule has 7 atom stereocenters. The molecule has 5 aliphatic heterocycles. The van der Waals surface area contributed by atoms with Gasteiger partial charge in [-0.25, -0.2) is 0 Å². The largest absolute Gasteiger partial charge is 0.396 e. The Labute approximate surface area is 300 Å². The standard InChI is InChI=1S/C34H60O17/c35-2-1-3-38-18-33(21-42-8-28-13-47-28,22-43-9-29-14-48-29)19-40-6-26(36)4-39-5-27(37)7-41-20-34(23-44-10-30-15-49-30,24-45-11-31-16-50-31)25-46-12-32-17-51-32/h26-32,35-37H,1-25H2. The van der Waals surface area contributed by atoms with Gasteiger partial charge in [-0.05, 0) is 6.42 Å². The maximum absolute atomic E-state index is 10.6. The first kappa shape index (κ1) is 41.5. The molecule has 0 saturated carbocycles. The summed E-state index contributed by atoms with van der Waals surface area (Å²) in [6, 6.07) is 0. The lowest BCUT2D eigenvalue weighted by Crippen LogP contribution is -2.43. The van der Waals surface area contributed by atoms with Crippen LogP contribution < -0.4 is 0 Å². The Balaban J connectivity index is 1.00. The van der Waals surface area contributed by atoms with Gasteiger partial charge in [0.05, 0.1) is 156 Å². The average Bonchev–Trinajstić information content (AvgIpc) is 3.90. The fourth-order valence-corrected chi connectivity index (χ4v) is 5.07. The van der Waals surface area contributed by atoms with E-state index >= 15 is 0 Å². The van der Waals surface area contributed by atoms with Gasteiger partial charge in [0, 0.05) is 13.2 Å². The Bertz CT molecular complexity index is 848. The molecule has 0 spiro atoms. The molecule has 5 heterocycles. The zero-order valence-electron chi connectivity index (χ0n) is 29.8. The van der Waals surface area contributed by atoms with Crippen molar-refractivity contribution in [2.45, 2.75) is 49.1 Å². The Morgan fingerprint density at radius 1 is 0.431 bits per heavy atom. The number of hydrogen-bond acceptors (Lipinski definition) is 17. The van der Waals surface area contributed by atoms with Crippen molar-refractivity contribution in [3.8, 4) is 0 Å². The predicted octanol–water partition coefficient (Wildman–Crippen LogP) is -1.79. The van der Waals surface area contributed by atoms with Crippen molar-refractivity contribution in [2.24, 2.45) is 10.8 Å². The van der Waals surface area contributed by atoms with Gasteiger partial charge in [-0.3, -0.25) is 0 Å². The predicted molar refractivity (Wildman–Crippen MR) is 175 cm³/mol. The molecular weight excluding hydrogens is 680 g/mol. The number of aliphatic hydroxyl groups is 3. The summed E-state index contributed by atoms with van der Waals surface area (Å²) in [5.74, 6) is 0. The van der Waals surface area contributed by atoms with E-state index in [0.717, 1.165) is 0 Å². The van der Waals surface area contributed by atoms with Gasteiger partial charge in [0.15, 0.2) is 0 Å². The van der Waals surface area contributed by atoms with Crippen LogP contribution in [0.2, 0.25) is 0 Å². The van der Waals surface area contributed by atoms with Crippen molar-refractivity contribution in [1.82, 2.24) is 0 Å². The van der Waals surface area contributed by atoms with Crippen LogP contribution in [0.1, 0.15) is 6.42 Å². The third-order valence-electron chi connectivity index (χ3n) is 8.48. The Morgan fingerprint density at radius 3 is 1.00 bits per heavy atom. The SMILES string of the molecule is OCCCOCC(COCC(O)COCC(O)COCC(COCC1CO1)(COCC1CO1)COCC1CO1)(COCC1CO1)COCC1CO1. The molecule has 51 heavy (non-hydrogen) atoms. The minimum atomic E-state index is -0.937. The third kappa shape index (κ3) is 19.0. The number of epoxide rings is 5. The molecule has 17 nitrogen and oxygen atoms in total. The van der Waals surface area contributed by atoms with E-state index in [-0.39, 0.29) is 83.4 Å². The highest BCUT2D eigenvalue weighted by atomic mass is 16.6. The molecule has 0 aromatic rings. The zero-order valence-corrected chi connectivity index (χ0v) is 29.8. The fraction of sp³-hybridized carbons (Fsp3) is 1.00. The van der Waals surface area contributed by atoms with Gasteiger partial charge in [0.1, 0.15) is 42.7 Å². The van der Waals surface area contributed by atoms with E-state index < -0.39 is 23.0 Å². The number of ether oxygens (including phenoxy) is 14. The highest BCUT2D eigenvalue weighted by Gasteiger charge is 2.37. The maximum atomic E-state index is 10.6. The van der Waals surface area contributed by atoms with E-state index in [0.29, 0.717) is 112 Å². The van der Waals surface area contributed by atoms with Crippen LogP contribution in [0.25, 0.3) is 0 Å². The van der Waals surface area contributed by atoms with Crippen molar-refractivity contribution in [3.05, 3.63) is 0 Å². The molecule has 0 radical (unpaired) electrons. The summed E-state index contributed by atoms with van der Waals surface area (Å²) >= 11 is 0. The van der Waals surface area contributed by atoms with E-state index in [4.69, 9.17) is 71.4 Å². The van der Waals surface area contributed by atoms with Gasteiger partial charge in [-0.2, -0.15) is 0 Å². The first-order chi connectivity index (χ1) is 24.9. The molecular formula is C34H60O17. The van der Waals surface area contributed by atoms with Crippen LogP contribution in [-0.2, 0) is 66.3 Å². The van der Waals surface area contributed by atoms with Crippen molar-refractivity contribution in [1.29, 1.82) is 0 Å². The fourth-order valence-electron chi connectivity index (χ4n) is 5.07.